The Hall–Kier alpha value is -1.44. The third-order valence-electron chi connectivity index (χ3n) is 2.97. The summed E-state index contributed by atoms with van der Waals surface area (Å²) >= 11 is 0. The second-order valence-electron chi connectivity index (χ2n) is 4.24. The summed E-state index contributed by atoms with van der Waals surface area (Å²) in [6.07, 6.45) is 0.0134. The average molecular weight is 256 g/mol. The van der Waals surface area contributed by atoms with Gasteiger partial charge in [0, 0.05) is 18.2 Å². The molecule has 7 nitrogen and oxygen atoms in total. The maximum Gasteiger partial charge on any atom is 0.301 e. The molecule has 2 heterocycles. The number of aromatic nitrogens is 2. The van der Waals surface area contributed by atoms with Crippen molar-refractivity contribution >= 4 is 0 Å². The van der Waals surface area contributed by atoms with Gasteiger partial charge in [-0.1, -0.05) is 0 Å². The van der Waals surface area contributed by atoms with Crippen LogP contribution in [-0.4, -0.2) is 45.7 Å². The van der Waals surface area contributed by atoms with E-state index in [0.29, 0.717) is 12.0 Å². The van der Waals surface area contributed by atoms with Crippen LogP contribution in [0.15, 0.2) is 11.0 Å². The quantitative estimate of drug-likeness (QED) is 0.735. The zero-order valence-corrected chi connectivity index (χ0v) is 10.2. The molecule has 1 fully saturated rings. The summed E-state index contributed by atoms with van der Waals surface area (Å²) in [4.78, 5) is 15.2. The Morgan fingerprint density at radius 1 is 1.67 bits per heavy atom. The van der Waals surface area contributed by atoms with Crippen LogP contribution in [-0.2, 0) is 4.74 Å². The fourth-order valence-corrected chi connectivity index (χ4v) is 1.96. The first-order valence-corrected chi connectivity index (χ1v) is 5.65. The van der Waals surface area contributed by atoms with Gasteiger partial charge in [-0.3, -0.25) is 9.36 Å². The number of hydrogen-bond acceptors (Lipinski definition) is 6. The predicted molar refractivity (Wildman–Crippen MR) is 61.4 cm³/mol. The van der Waals surface area contributed by atoms with Crippen LogP contribution in [0.3, 0.4) is 0 Å². The van der Waals surface area contributed by atoms with Crippen LogP contribution in [0.4, 0.5) is 0 Å². The van der Waals surface area contributed by atoms with Gasteiger partial charge in [0.1, 0.15) is 12.3 Å². The molecule has 1 saturated heterocycles. The minimum atomic E-state index is -0.746. The molecule has 2 N–H and O–H groups in total. The summed E-state index contributed by atoms with van der Waals surface area (Å²) in [5.74, 6) is 0. The topological polar surface area (TPSA) is 93.8 Å². The molecule has 0 amide bonds. The first-order valence-electron chi connectivity index (χ1n) is 5.65. The van der Waals surface area contributed by atoms with Crippen molar-refractivity contribution < 1.29 is 19.7 Å². The number of aliphatic hydroxyl groups is 2. The molecule has 0 unspecified atom stereocenters. The molecule has 0 aliphatic carbocycles. The van der Waals surface area contributed by atoms with E-state index in [2.05, 4.69) is 4.98 Å². The Bertz CT molecular complexity index is 487. The molecular weight excluding hydrogens is 240 g/mol. The third-order valence-corrected chi connectivity index (χ3v) is 2.97. The summed E-state index contributed by atoms with van der Waals surface area (Å²) in [6, 6.07) is 0.126. The normalized spacial score (nSPS) is 27.4. The van der Waals surface area contributed by atoms with Gasteiger partial charge in [-0.25, -0.2) is 0 Å². The van der Waals surface area contributed by atoms with Crippen LogP contribution < -0.4 is 10.3 Å². The smallest absolute Gasteiger partial charge is 0.301 e. The van der Waals surface area contributed by atoms with Gasteiger partial charge in [0.05, 0.1) is 19.8 Å². The number of rotatable bonds is 3. The van der Waals surface area contributed by atoms with E-state index in [1.807, 2.05) is 0 Å². The Balaban J connectivity index is 2.34. The first kappa shape index (κ1) is 13.0. The molecule has 1 aliphatic heterocycles. The van der Waals surface area contributed by atoms with Crippen LogP contribution in [0.5, 0.6) is 6.01 Å². The number of aliphatic hydroxyl groups excluding tert-OH is 2. The largest absolute Gasteiger partial charge is 0.468 e. The standard InChI is InChI=1S/C11H16N2O5/c1-6-4-13(11(17-2)12-10(6)16)9-3-7(15)8(5-14)18-9/h4,7-9,14-15H,3,5H2,1-2H3/t7-,8-,9+/m1/s1. The highest BCUT2D eigenvalue weighted by atomic mass is 16.5. The average Bonchev–Trinajstić information content (AvgIpc) is 2.73. The zero-order valence-electron chi connectivity index (χ0n) is 10.2. The molecule has 7 heteroatoms. The van der Waals surface area contributed by atoms with Crippen LogP contribution >= 0.6 is 0 Å². The second-order valence-corrected chi connectivity index (χ2v) is 4.24. The van der Waals surface area contributed by atoms with Gasteiger partial charge >= 0.3 is 6.01 Å². The highest BCUT2D eigenvalue weighted by Gasteiger charge is 2.35. The van der Waals surface area contributed by atoms with Crippen LogP contribution in [0.2, 0.25) is 0 Å². The van der Waals surface area contributed by atoms with E-state index in [1.165, 1.54) is 7.11 Å². The monoisotopic (exact) mass is 256 g/mol. The highest BCUT2D eigenvalue weighted by molar-refractivity contribution is 5.09. The molecule has 2 rings (SSSR count). The van der Waals surface area contributed by atoms with E-state index in [9.17, 15) is 9.90 Å². The summed E-state index contributed by atoms with van der Waals surface area (Å²) < 4.78 is 12.1. The number of ether oxygens (including phenoxy) is 2. The van der Waals surface area contributed by atoms with E-state index >= 15 is 0 Å². The van der Waals surface area contributed by atoms with E-state index in [-0.39, 0.29) is 18.2 Å². The van der Waals surface area contributed by atoms with E-state index in [4.69, 9.17) is 14.6 Å². The van der Waals surface area contributed by atoms with Crippen molar-refractivity contribution in [2.24, 2.45) is 0 Å². The van der Waals surface area contributed by atoms with Gasteiger partial charge in [-0.2, -0.15) is 4.98 Å². The minimum Gasteiger partial charge on any atom is -0.468 e. The van der Waals surface area contributed by atoms with Gasteiger partial charge < -0.3 is 19.7 Å². The number of hydrogen-bond donors (Lipinski definition) is 2. The number of methoxy groups -OCH3 is 1. The zero-order chi connectivity index (χ0) is 13.3. The Morgan fingerprint density at radius 3 is 2.94 bits per heavy atom. The third kappa shape index (κ3) is 2.24. The SMILES string of the molecule is COc1nc(=O)c(C)cn1[C@@H]1C[C@@H](O)[C@@H](CO)O1. The minimum absolute atomic E-state index is 0.126. The van der Waals surface area contributed by atoms with E-state index < -0.39 is 18.4 Å². The van der Waals surface area contributed by atoms with Crippen molar-refractivity contribution in [3.63, 3.8) is 0 Å². The molecule has 0 spiro atoms. The molecule has 100 valence electrons. The van der Waals surface area contributed by atoms with E-state index in [0.717, 1.165) is 0 Å². The molecule has 0 saturated carbocycles. The summed E-state index contributed by atoms with van der Waals surface area (Å²) in [6.45, 7) is 1.38. The van der Waals surface area contributed by atoms with Crippen molar-refractivity contribution in [1.29, 1.82) is 0 Å². The lowest BCUT2D eigenvalue weighted by molar-refractivity contribution is -0.0470. The first-order chi connectivity index (χ1) is 8.56. The van der Waals surface area contributed by atoms with Crippen molar-refractivity contribution in [3.05, 3.63) is 22.1 Å². The summed E-state index contributed by atoms with van der Waals surface area (Å²) in [7, 11) is 1.41. The summed E-state index contributed by atoms with van der Waals surface area (Å²) in [5.41, 5.74) is 0.0988. The number of aryl methyl sites for hydroxylation is 1. The Labute approximate surface area is 104 Å². The molecule has 1 aromatic heterocycles. The van der Waals surface area contributed by atoms with Gasteiger partial charge in [0.2, 0.25) is 0 Å². The predicted octanol–water partition coefficient (Wildman–Crippen LogP) is -0.799. The lowest BCUT2D eigenvalue weighted by atomic mass is 10.2. The molecule has 18 heavy (non-hydrogen) atoms. The fourth-order valence-electron chi connectivity index (χ4n) is 1.96. The van der Waals surface area contributed by atoms with Crippen molar-refractivity contribution in [3.8, 4) is 6.01 Å². The van der Waals surface area contributed by atoms with Crippen LogP contribution in [0.25, 0.3) is 0 Å². The second kappa shape index (κ2) is 5.05. The maximum absolute atomic E-state index is 11.4. The van der Waals surface area contributed by atoms with Gasteiger partial charge in [0.25, 0.3) is 5.56 Å². The van der Waals surface area contributed by atoms with Crippen molar-refractivity contribution in [1.82, 2.24) is 9.55 Å². The van der Waals surface area contributed by atoms with Crippen LogP contribution in [0, 0.1) is 6.92 Å². The van der Waals surface area contributed by atoms with Crippen molar-refractivity contribution in [2.45, 2.75) is 31.8 Å². The van der Waals surface area contributed by atoms with Gasteiger partial charge in [0.15, 0.2) is 0 Å². The molecule has 3 atom stereocenters. The molecule has 1 aliphatic rings. The Morgan fingerprint density at radius 2 is 2.39 bits per heavy atom. The van der Waals surface area contributed by atoms with E-state index in [1.54, 1.807) is 17.7 Å². The lowest BCUT2D eigenvalue weighted by Gasteiger charge is -2.18. The van der Waals surface area contributed by atoms with Gasteiger partial charge in [-0.05, 0) is 6.92 Å². The van der Waals surface area contributed by atoms with Crippen LogP contribution in [0.1, 0.15) is 18.2 Å². The maximum atomic E-state index is 11.4. The molecule has 0 bridgehead atoms. The highest BCUT2D eigenvalue weighted by Crippen LogP contribution is 2.30. The molecular formula is C11H16N2O5. The number of nitrogens with zero attached hydrogens (tertiary/aromatic N) is 2. The van der Waals surface area contributed by atoms with Crippen molar-refractivity contribution in [2.75, 3.05) is 13.7 Å². The Kier molecular flexibility index (Phi) is 3.65. The lowest BCUT2D eigenvalue weighted by Crippen LogP contribution is -2.24. The molecule has 0 radical (unpaired) electrons. The van der Waals surface area contributed by atoms with Gasteiger partial charge in [-0.15, -0.1) is 0 Å². The molecule has 0 aromatic carbocycles. The fraction of sp³-hybridized carbons (Fsp3) is 0.636. The summed E-state index contributed by atoms with van der Waals surface area (Å²) in [5, 5.41) is 18.7. The molecule has 1 aromatic rings.